The molecule has 0 saturated heterocycles. The predicted octanol–water partition coefficient (Wildman–Crippen LogP) is 13.4. The van der Waals surface area contributed by atoms with Gasteiger partial charge in [0, 0.05) is 5.41 Å². The SMILES string of the molecule is CC1(C)c2ccccc2-c2ccc(N(c3ccccc3)c3cccc(N(c4ccccc4)c4ccc5[se]c6c7ccccc7ccc6c5c4)c3)cc21. The van der Waals surface area contributed by atoms with Gasteiger partial charge in [-0.05, 0) is 16.7 Å². The van der Waals surface area contributed by atoms with Gasteiger partial charge in [-0.1, -0.05) is 44.2 Å². The van der Waals surface area contributed by atoms with Gasteiger partial charge in [-0.2, -0.15) is 0 Å². The van der Waals surface area contributed by atoms with Crippen molar-refractivity contribution in [3.8, 4) is 11.1 Å². The molecule has 0 spiro atoms. The van der Waals surface area contributed by atoms with E-state index in [4.69, 9.17) is 0 Å². The van der Waals surface area contributed by atoms with Crippen LogP contribution in [0.3, 0.4) is 0 Å². The van der Waals surface area contributed by atoms with Crippen molar-refractivity contribution in [3.63, 3.8) is 0 Å². The normalized spacial score (nSPS) is 13.0. The van der Waals surface area contributed by atoms with E-state index in [0.29, 0.717) is 0 Å². The van der Waals surface area contributed by atoms with E-state index in [1.807, 2.05) is 0 Å². The number of nitrogens with zero attached hydrogens (tertiary/aromatic N) is 2. The molecular formula is C49H36N2Se. The standard InChI is InChI=1S/C49H36N2Se/c1-49(2)45-23-12-11-22-41(45)42-28-25-39(32-46(42)49)51(35-17-7-4-8-18-35)37-20-13-19-36(30-37)50(34-15-5-3-6-16-34)38-26-29-47-44(31-38)43-27-24-33-14-9-10-21-40(33)48(43)52-47/h3-32H,1-2H3. The number of anilines is 6. The van der Waals surface area contributed by atoms with Gasteiger partial charge in [0.25, 0.3) is 0 Å². The molecule has 0 unspecified atom stereocenters. The van der Waals surface area contributed by atoms with Crippen LogP contribution in [0, 0.1) is 0 Å². The van der Waals surface area contributed by atoms with Gasteiger partial charge in [-0.3, -0.25) is 0 Å². The van der Waals surface area contributed by atoms with Crippen molar-refractivity contribution < 1.29 is 0 Å². The summed E-state index contributed by atoms with van der Waals surface area (Å²) >= 11 is 0.267. The zero-order valence-corrected chi connectivity index (χ0v) is 30.8. The third-order valence-electron chi connectivity index (χ3n) is 10.8. The Bertz CT molecular complexity index is 2780. The monoisotopic (exact) mass is 732 g/mol. The second-order valence-corrected chi connectivity index (χ2v) is 16.4. The molecule has 8 aromatic carbocycles. The molecule has 1 aromatic heterocycles. The van der Waals surface area contributed by atoms with E-state index >= 15 is 0 Å². The summed E-state index contributed by atoms with van der Waals surface area (Å²) in [7, 11) is 0. The Morgan fingerprint density at radius 2 is 0.962 bits per heavy atom. The van der Waals surface area contributed by atoms with Gasteiger partial charge in [0.1, 0.15) is 0 Å². The summed E-state index contributed by atoms with van der Waals surface area (Å²) < 4.78 is 2.94. The quantitative estimate of drug-likeness (QED) is 0.157. The number of hydrogen-bond donors (Lipinski definition) is 0. The van der Waals surface area contributed by atoms with Crippen molar-refractivity contribution in [2.24, 2.45) is 0 Å². The van der Waals surface area contributed by atoms with Crippen LogP contribution in [0.15, 0.2) is 182 Å². The third kappa shape index (κ3) is 4.93. The number of hydrogen-bond acceptors (Lipinski definition) is 2. The van der Waals surface area contributed by atoms with Crippen molar-refractivity contribution in [2.45, 2.75) is 19.3 Å². The average Bonchev–Trinajstić information content (AvgIpc) is 3.68. The zero-order chi connectivity index (χ0) is 34.8. The van der Waals surface area contributed by atoms with Crippen molar-refractivity contribution in [1.29, 1.82) is 0 Å². The molecule has 1 heterocycles. The minimum absolute atomic E-state index is 0.0873. The number of benzene rings is 8. The third-order valence-corrected chi connectivity index (χ3v) is 13.4. The van der Waals surface area contributed by atoms with Gasteiger partial charge in [0.2, 0.25) is 0 Å². The van der Waals surface area contributed by atoms with Crippen LogP contribution in [0.4, 0.5) is 34.1 Å². The second-order valence-electron chi connectivity index (χ2n) is 14.2. The second kappa shape index (κ2) is 12.1. The molecule has 0 N–H and O–H groups in total. The first-order chi connectivity index (χ1) is 25.5. The Morgan fingerprint density at radius 3 is 1.71 bits per heavy atom. The van der Waals surface area contributed by atoms with Gasteiger partial charge < -0.3 is 0 Å². The van der Waals surface area contributed by atoms with Crippen LogP contribution in [0.5, 0.6) is 0 Å². The van der Waals surface area contributed by atoms with Crippen LogP contribution in [0.25, 0.3) is 41.2 Å². The first kappa shape index (κ1) is 30.9. The van der Waals surface area contributed by atoms with Crippen LogP contribution in [0.1, 0.15) is 25.0 Å². The Hall–Kier alpha value is -5.86. The van der Waals surface area contributed by atoms with E-state index in [1.54, 1.807) is 0 Å². The summed E-state index contributed by atoms with van der Waals surface area (Å²) in [4.78, 5) is 4.81. The molecule has 0 amide bonds. The fourth-order valence-corrected chi connectivity index (χ4v) is 10.8. The van der Waals surface area contributed by atoms with Gasteiger partial charge in [0.15, 0.2) is 0 Å². The predicted molar refractivity (Wildman–Crippen MR) is 223 cm³/mol. The molecule has 0 atom stereocenters. The Labute approximate surface area is 310 Å². The maximum atomic E-state index is 2.41. The summed E-state index contributed by atoms with van der Waals surface area (Å²) in [5.74, 6) is 0. The van der Waals surface area contributed by atoms with Crippen LogP contribution < -0.4 is 9.80 Å². The molecule has 0 aliphatic heterocycles. The molecule has 10 rings (SSSR count). The number of fused-ring (bicyclic) bond motifs is 8. The molecule has 248 valence electrons. The Balaban J connectivity index is 1.13. The van der Waals surface area contributed by atoms with Gasteiger partial charge in [-0.25, -0.2) is 0 Å². The van der Waals surface area contributed by atoms with Crippen molar-refractivity contribution in [3.05, 3.63) is 193 Å². The van der Waals surface area contributed by atoms with Gasteiger partial charge in [-0.15, -0.1) is 0 Å². The topological polar surface area (TPSA) is 6.48 Å². The molecule has 0 radical (unpaired) electrons. The van der Waals surface area contributed by atoms with E-state index in [1.165, 1.54) is 52.3 Å². The first-order valence-corrected chi connectivity index (χ1v) is 19.6. The molecule has 1 aliphatic carbocycles. The Kier molecular flexibility index (Phi) is 7.21. The van der Waals surface area contributed by atoms with E-state index in [0.717, 1.165) is 34.1 Å². The molecule has 0 bridgehead atoms. The molecule has 0 fully saturated rings. The molecule has 0 saturated carbocycles. The van der Waals surface area contributed by atoms with Crippen molar-refractivity contribution >= 4 is 78.7 Å². The minimum atomic E-state index is -0.0873. The van der Waals surface area contributed by atoms with Crippen molar-refractivity contribution in [1.82, 2.24) is 0 Å². The maximum absolute atomic E-state index is 2.41. The molecular weight excluding hydrogens is 696 g/mol. The average molecular weight is 732 g/mol. The summed E-state index contributed by atoms with van der Waals surface area (Å²) in [5.41, 5.74) is 12.1. The first-order valence-electron chi connectivity index (χ1n) is 17.9. The van der Waals surface area contributed by atoms with Gasteiger partial charge in [0.05, 0.1) is 0 Å². The summed E-state index contributed by atoms with van der Waals surface area (Å²) in [6, 6.07) is 66.9. The van der Waals surface area contributed by atoms with E-state index < -0.39 is 0 Å². The summed E-state index contributed by atoms with van der Waals surface area (Å²) in [6.45, 7) is 4.70. The number of para-hydroxylation sites is 2. The molecule has 52 heavy (non-hydrogen) atoms. The Morgan fingerprint density at radius 1 is 0.385 bits per heavy atom. The van der Waals surface area contributed by atoms with Gasteiger partial charge >= 0.3 is 246 Å². The van der Waals surface area contributed by atoms with Crippen LogP contribution in [0.2, 0.25) is 0 Å². The fraction of sp³-hybridized carbons (Fsp3) is 0.0612. The molecule has 1 aliphatic rings. The summed E-state index contributed by atoms with van der Waals surface area (Å²) in [5, 5.41) is 5.42. The van der Waals surface area contributed by atoms with Crippen LogP contribution in [-0.4, -0.2) is 14.5 Å². The molecule has 3 heteroatoms. The number of rotatable bonds is 6. The zero-order valence-electron chi connectivity index (χ0n) is 29.1. The fourth-order valence-electron chi connectivity index (χ4n) is 8.28. The molecule has 2 nitrogen and oxygen atoms in total. The van der Waals surface area contributed by atoms with Crippen molar-refractivity contribution in [2.75, 3.05) is 9.80 Å². The van der Waals surface area contributed by atoms with E-state index in [2.05, 4.69) is 206 Å². The van der Waals surface area contributed by atoms with Crippen LogP contribution >= 0.6 is 0 Å². The van der Waals surface area contributed by atoms with Crippen LogP contribution in [-0.2, 0) is 5.41 Å². The summed E-state index contributed by atoms with van der Waals surface area (Å²) in [6.07, 6.45) is 0. The van der Waals surface area contributed by atoms with E-state index in [9.17, 15) is 0 Å². The molecule has 9 aromatic rings. The van der Waals surface area contributed by atoms with E-state index in [-0.39, 0.29) is 19.9 Å².